The van der Waals surface area contributed by atoms with Crippen LogP contribution in [-0.4, -0.2) is 12.4 Å². The van der Waals surface area contributed by atoms with E-state index in [0.29, 0.717) is 0 Å². The highest BCUT2D eigenvalue weighted by Gasteiger charge is 1.97. The van der Waals surface area contributed by atoms with Crippen LogP contribution in [-0.2, 0) is 0 Å². The topological polar surface area (TPSA) is 50.4 Å². The molecule has 3 N–H and O–H groups in total. The average molecular weight is 177 g/mol. The minimum absolute atomic E-state index is 0.752. The maximum absolute atomic E-state index is 5.36. The minimum atomic E-state index is 0.752. The Hall–Kier alpha value is -1.35. The van der Waals surface area contributed by atoms with Gasteiger partial charge >= 0.3 is 0 Å². The molecule has 0 saturated heterocycles. The first kappa shape index (κ1) is 9.74. The van der Waals surface area contributed by atoms with E-state index in [1.807, 2.05) is 30.3 Å². The van der Waals surface area contributed by atoms with Gasteiger partial charge in [0.05, 0.1) is 0 Å². The molecule has 3 heteroatoms. The van der Waals surface area contributed by atoms with Gasteiger partial charge in [-0.25, -0.2) is 5.84 Å². The molecule has 70 valence electrons. The number of nitrogens with one attached hydrogen (secondary N) is 1. The molecule has 0 aromatic heterocycles. The number of rotatable bonds is 3. The number of hydrogen-bond acceptors (Lipinski definition) is 2. The molecule has 1 aromatic carbocycles. The van der Waals surface area contributed by atoms with Crippen molar-refractivity contribution in [2.24, 2.45) is 10.8 Å². The molecule has 13 heavy (non-hydrogen) atoms. The van der Waals surface area contributed by atoms with E-state index in [1.54, 1.807) is 0 Å². The molecule has 0 bridgehead atoms. The van der Waals surface area contributed by atoms with Crippen molar-refractivity contribution in [1.29, 1.82) is 0 Å². The number of aliphatic imine (C=N–C) groups is 1. The fourth-order valence-corrected chi connectivity index (χ4v) is 1.04. The van der Waals surface area contributed by atoms with E-state index < -0.39 is 0 Å². The minimum Gasteiger partial charge on any atom is -0.308 e. The Labute approximate surface area is 78.6 Å². The quantitative estimate of drug-likeness (QED) is 0.316. The third kappa shape index (κ3) is 2.87. The summed E-state index contributed by atoms with van der Waals surface area (Å²) < 4.78 is 0. The number of hydrazine groups is 1. The first-order chi connectivity index (χ1) is 6.38. The van der Waals surface area contributed by atoms with Gasteiger partial charge in [-0.15, -0.1) is 0 Å². The zero-order valence-corrected chi connectivity index (χ0v) is 7.83. The van der Waals surface area contributed by atoms with Gasteiger partial charge in [-0.05, 0) is 6.42 Å². The van der Waals surface area contributed by atoms with Crippen LogP contribution in [0.4, 0.5) is 0 Å². The predicted octanol–water partition coefficient (Wildman–Crippen LogP) is 1.31. The van der Waals surface area contributed by atoms with E-state index in [9.17, 15) is 0 Å². The Morgan fingerprint density at radius 2 is 2.08 bits per heavy atom. The van der Waals surface area contributed by atoms with Crippen LogP contribution < -0.4 is 11.3 Å². The third-order valence-electron chi connectivity index (χ3n) is 1.68. The zero-order valence-electron chi connectivity index (χ0n) is 7.83. The summed E-state index contributed by atoms with van der Waals surface area (Å²) in [5.74, 6) is 6.12. The van der Waals surface area contributed by atoms with Gasteiger partial charge in [0, 0.05) is 12.1 Å². The summed E-state index contributed by atoms with van der Waals surface area (Å²) >= 11 is 0. The highest BCUT2D eigenvalue weighted by Crippen LogP contribution is 1.98. The molecule has 0 aliphatic heterocycles. The molecule has 0 heterocycles. The van der Waals surface area contributed by atoms with Crippen LogP contribution in [0.15, 0.2) is 35.3 Å². The first-order valence-corrected chi connectivity index (χ1v) is 4.45. The molecular formula is C10H15N3. The SMILES string of the molecule is CCCN=C(NN)c1ccccc1. The van der Waals surface area contributed by atoms with Crippen molar-refractivity contribution in [3.05, 3.63) is 35.9 Å². The van der Waals surface area contributed by atoms with E-state index in [4.69, 9.17) is 5.84 Å². The number of amidine groups is 1. The summed E-state index contributed by atoms with van der Waals surface area (Å²) in [4.78, 5) is 4.31. The lowest BCUT2D eigenvalue weighted by Crippen LogP contribution is -2.31. The van der Waals surface area contributed by atoms with Gasteiger partial charge in [0.1, 0.15) is 5.84 Å². The van der Waals surface area contributed by atoms with Gasteiger partial charge in [0.25, 0.3) is 0 Å². The van der Waals surface area contributed by atoms with Crippen molar-refractivity contribution in [3.63, 3.8) is 0 Å². The molecule has 0 amide bonds. The normalized spacial score (nSPS) is 11.4. The van der Waals surface area contributed by atoms with Crippen molar-refractivity contribution in [2.75, 3.05) is 6.54 Å². The predicted molar refractivity (Wildman–Crippen MR) is 55.5 cm³/mol. The molecule has 0 unspecified atom stereocenters. The van der Waals surface area contributed by atoms with Gasteiger partial charge in [-0.3, -0.25) is 4.99 Å². The van der Waals surface area contributed by atoms with E-state index in [2.05, 4.69) is 17.3 Å². The van der Waals surface area contributed by atoms with E-state index >= 15 is 0 Å². The maximum Gasteiger partial charge on any atom is 0.142 e. The molecule has 0 aliphatic rings. The molecule has 0 fully saturated rings. The molecule has 0 saturated carbocycles. The molecule has 1 rings (SSSR count). The monoisotopic (exact) mass is 177 g/mol. The van der Waals surface area contributed by atoms with Crippen LogP contribution in [0.25, 0.3) is 0 Å². The van der Waals surface area contributed by atoms with Crippen LogP contribution in [0.2, 0.25) is 0 Å². The van der Waals surface area contributed by atoms with Crippen LogP contribution >= 0.6 is 0 Å². The average Bonchev–Trinajstić information content (AvgIpc) is 2.21. The van der Waals surface area contributed by atoms with Crippen LogP contribution in [0.5, 0.6) is 0 Å². The Morgan fingerprint density at radius 1 is 1.38 bits per heavy atom. The summed E-state index contributed by atoms with van der Waals surface area (Å²) in [6.45, 7) is 2.89. The van der Waals surface area contributed by atoms with Crippen molar-refractivity contribution in [2.45, 2.75) is 13.3 Å². The largest absolute Gasteiger partial charge is 0.308 e. The number of hydrogen-bond donors (Lipinski definition) is 2. The lowest BCUT2D eigenvalue weighted by atomic mass is 10.2. The number of nitrogens with two attached hydrogens (primary N) is 1. The van der Waals surface area contributed by atoms with Crippen molar-refractivity contribution >= 4 is 5.84 Å². The van der Waals surface area contributed by atoms with Crippen LogP contribution in [0.3, 0.4) is 0 Å². The molecule has 0 radical (unpaired) electrons. The fraction of sp³-hybridized carbons (Fsp3) is 0.300. The Balaban J connectivity index is 2.78. The van der Waals surface area contributed by atoms with Gasteiger partial charge in [-0.1, -0.05) is 37.3 Å². The van der Waals surface area contributed by atoms with E-state index in [-0.39, 0.29) is 0 Å². The highest BCUT2D eigenvalue weighted by molar-refractivity contribution is 5.98. The Kier molecular flexibility index (Phi) is 3.99. The van der Waals surface area contributed by atoms with Crippen LogP contribution in [0, 0.1) is 0 Å². The Morgan fingerprint density at radius 3 is 2.62 bits per heavy atom. The lowest BCUT2D eigenvalue weighted by molar-refractivity contribution is 0.907. The zero-order chi connectivity index (χ0) is 9.52. The van der Waals surface area contributed by atoms with Gasteiger partial charge in [-0.2, -0.15) is 0 Å². The molecule has 0 aliphatic carbocycles. The maximum atomic E-state index is 5.36. The Bertz CT molecular complexity index is 267. The smallest absolute Gasteiger partial charge is 0.142 e. The summed E-state index contributed by atoms with van der Waals surface area (Å²) in [6, 6.07) is 9.86. The van der Waals surface area contributed by atoms with Gasteiger partial charge in [0.2, 0.25) is 0 Å². The molecule has 0 spiro atoms. The number of benzene rings is 1. The number of nitrogens with zero attached hydrogens (tertiary/aromatic N) is 1. The standard InChI is InChI=1S/C10H15N3/c1-2-8-12-10(13-11)9-6-4-3-5-7-9/h3-7H,2,8,11H2,1H3,(H,12,13). The summed E-state index contributed by atoms with van der Waals surface area (Å²) in [7, 11) is 0. The molecule has 0 atom stereocenters. The lowest BCUT2D eigenvalue weighted by Gasteiger charge is -2.04. The third-order valence-corrected chi connectivity index (χ3v) is 1.68. The highest BCUT2D eigenvalue weighted by atomic mass is 15.2. The van der Waals surface area contributed by atoms with Gasteiger partial charge < -0.3 is 5.43 Å². The second-order valence-corrected chi connectivity index (χ2v) is 2.74. The summed E-state index contributed by atoms with van der Waals surface area (Å²) in [5.41, 5.74) is 3.63. The summed E-state index contributed by atoms with van der Waals surface area (Å²) in [6.07, 6.45) is 1.03. The van der Waals surface area contributed by atoms with E-state index in [0.717, 1.165) is 24.4 Å². The summed E-state index contributed by atoms with van der Waals surface area (Å²) in [5, 5.41) is 0. The van der Waals surface area contributed by atoms with E-state index in [1.165, 1.54) is 0 Å². The van der Waals surface area contributed by atoms with Crippen molar-refractivity contribution in [1.82, 2.24) is 5.43 Å². The van der Waals surface area contributed by atoms with Gasteiger partial charge in [0.15, 0.2) is 0 Å². The van der Waals surface area contributed by atoms with Crippen LogP contribution in [0.1, 0.15) is 18.9 Å². The van der Waals surface area contributed by atoms with Crippen molar-refractivity contribution < 1.29 is 0 Å². The molecule has 3 nitrogen and oxygen atoms in total. The van der Waals surface area contributed by atoms with Crippen molar-refractivity contribution in [3.8, 4) is 0 Å². The molecule has 1 aromatic rings. The fourth-order valence-electron chi connectivity index (χ4n) is 1.04. The second kappa shape index (κ2) is 5.32. The second-order valence-electron chi connectivity index (χ2n) is 2.74. The first-order valence-electron chi connectivity index (χ1n) is 4.45. The molecular weight excluding hydrogens is 162 g/mol.